The van der Waals surface area contributed by atoms with Gasteiger partial charge in [0.2, 0.25) is 0 Å². The molecule has 1 aromatic rings. The van der Waals surface area contributed by atoms with Crippen LogP contribution in [0.15, 0.2) is 15.5 Å². The molecular formula is C15H26BrN3O. The fraction of sp³-hybridized carbons (Fsp3) is 0.733. The number of nitrogens with one attached hydrogen (secondary N) is 1. The van der Waals surface area contributed by atoms with Gasteiger partial charge in [-0.05, 0) is 34.7 Å². The second kappa shape index (κ2) is 9.16. The lowest BCUT2D eigenvalue weighted by Gasteiger charge is -2.10. The van der Waals surface area contributed by atoms with Crippen molar-refractivity contribution in [3.63, 3.8) is 0 Å². The number of anilines is 1. The van der Waals surface area contributed by atoms with Crippen molar-refractivity contribution in [1.29, 1.82) is 0 Å². The number of unbranched alkanes of at least 4 members (excludes halogenated alkanes) is 2. The number of halogens is 1. The highest BCUT2D eigenvalue weighted by atomic mass is 79.9. The minimum atomic E-state index is -0.0503. The van der Waals surface area contributed by atoms with Crippen molar-refractivity contribution >= 4 is 21.6 Å². The van der Waals surface area contributed by atoms with Gasteiger partial charge in [-0.2, -0.15) is 5.10 Å². The van der Waals surface area contributed by atoms with Crippen LogP contribution in [0.2, 0.25) is 0 Å². The Hall–Kier alpha value is -0.840. The third-order valence-corrected chi connectivity index (χ3v) is 4.00. The van der Waals surface area contributed by atoms with Crippen LogP contribution < -0.4 is 10.9 Å². The Morgan fingerprint density at radius 1 is 1.35 bits per heavy atom. The predicted octanol–water partition coefficient (Wildman–Crippen LogP) is 4.04. The monoisotopic (exact) mass is 343 g/mol. The Bertz CT molecular complexity index is 457. The zero-order chi connectivity index (χ0) is 15.0. The maximum atomic E-state index is 12.1. The average Bonchev–Trinajstić information content (AvgIpc) is 2.41. The minimum Gasteiger partial charge on any atom is -0.383 e. The molecule has 1 N–H and O–H groups in total. The van der Waals surface area contributed by atoms with Crippen LogP contribution in [-0.4, -0.2) is 16.3 Å². The van der Waals surface area contributed by atoms with Gasteiger partial charge in [-0.1, -0.05) is 40.0 Å². The quantitative estimate of drug-likeness (QED) is 0.688. The maximum absolute atomic E-state index is 12.1. The van der Waals surface area contributed by atoms with Gasteiger partial charge in [0.15, 0.2) is 0 Å². The van der Waals surface area contributed by atoms with Gasteiger partial charge in [0.05, 0.1) is 11.9 Å². The molecular weight excluding hydrogens is 318 g/mol. The summed E-state index contributed by atoms with van der Waals surface area (Å²) in [6.45, 7) is 8.15. The molecule has 0 atom stereocenters. The first-order valence-corrected chi connectivity index (χ1v) is 8.35. The zero-order valence-corrected chi connectivity index (χ0v) is 14.4. The largest absolute Gasteiger partial charge is 0.383 e. The number of aryl methyl sites for hydroxylation is 1. The highest BCUT2D eigenvalue weighted by Crippen LogP contribution is 2.16. The van der Waals surface area contributed by atoms with Gasteiger partial charge < -0.3 is 5.32 Å². The van der Waals surface area contributed by atoms with Gasteiger partial charge in [0.1, 0.15) is 4.47 Å². The molecule has 0 aliphatic rings. The summed E-state index contributed by atoms with van der Waals surface area (Å²) in [7, 11) is 0. The van der Waals surface area contributed by atoms with Crippen molar-refractivity contribution in [3.8, 4) is 0 Å². The number of rotatable bonds is 9. The summed E-state index contributed by atoms with van der Waals surface area (Å²) in [6.07, 6.45) is 7.35. The summed E-state index contributed by atoms with van der Waals surface area (Å²) < 4.78 is 2.12. The van der Waals surface area contributed by atoms with Crippen LogP contribution in [-0.2, 0) is 6.54 Å². The summed E-state index contributed by atoms with van der Waals surface area (Å²) in [6, 6.07) is 0. The third kappa shape index (κ3) is 5.65. The molecule has 0 unspecified atom stereocenters. The molecule has 0 saturated carbocycles. The third-order valence-electron chi connectivity index (χ3n) is 3.23. The lowest BCUT2D eigenvalue weighted by atomic mass is 10.1. The van der Waals surface area contributed by atoms with Gasteiger partial charge >= 0.3 is 0 Å². The Morgan fingerprint density at radius 3 is 2.75 bits per heavy atom. The van der Waals surface area contributed by atoms with E-state index < -0.39 is 0 Å². The molecule has 5 heteroatoms. The lowest BCUT2D eigenvalue weighted by Crippen LogP contribution is -2.24. The van der Waals surface area contributed by atoms with Crippen LogP contribution in [0.4, 0.5) is 5.69 Å². The van der Waals surface area contributed by atoms with E-state index in [9.17, 15) is 4.79 Å². The second-order valence-electron chi connectivity index (χ2n) is 5.57. The molecule has 1 aromatic heterocycles. The smallest absolute Gasteiger partial charge is 0.283 e. The van der Waals surface area contributed by atoms with Crippen molar-refractivity contribution in [2.24, 2.45) is 5.92 Å². The van der Waals surface area contributed by atoms with Crippen molar-refractivity contribution in [3.05, 3.63) is 21.0 Å². The van der Waals surface area contributed by atoms with E-state index in [4.69, 9.17) is 0 Å². The second-order valence-corrected chi connectivity index (χ2v) is 6.36. The van der Waals surface area contributed by atoms with Crippen LogP contribution in [0, 0.1) is 5.92 Å². The highest BCUT2D eigenvalue weighted by Gasteiger charge is 2.08. The number of nitrogens with zero attached hydrogens (tertiary/aromatic N) is 2. The molecule has 0 bridgehead atoms. The van der Waals surface area contributed by atoms with Gasteiger partial charge in [-0.15, -0.1) is 0 Å². The first kappa shape index (κ1) is 17.2. The van der Waals surface area contributed by atoms with E-state index >= 15 is 0 Å². The van der Waals surface area contributed by atoms with Crippen LogP contribution in [0.5, 0.6) is 0 Å². The molecule has 114 valence electrons. The molecule has 0 aliphatic heterocycles. The topological polar surface area (TPSA) is 46.9 Å². The van der Waals surface area contributed by atoms with Gasteiger partial charge in [0, 0.05) is 13.1 Å². The van der Waals surface area contributed by atoms with E-state index in [0.717, 1.165) is 37.4 Å². The fourth-order valence-corrected chi connectivity index (χ4v) is 2.40. The summed E-state index contributed by atoms with van der Waals surface area (Å²) in [5.41, 5.74) is 0.748. The number of aromatic nitrogens is 2. The maximum Gasteiger partial charge on any atom is 0.283 e. The molecule has 20 heavy (non-hydrogen) atoms. The summed E-state index contributed by atoms with van der Waals surface area (Å²) in [4.78, 5) is 12.1. The zero-order valence-electron chi connectivity index (χ0n) is 12.8. The van der Waals surface area contributed by atoms with Crippen LogP contribution in [0.1, 0.15) is 52.9 Å². The average molecular weight is 344 g/mol. The molecule has 1 rings (SSSR count). The summed E-state index contributed by atoms with van der Waals surface area (Å²) in [5, 5.41) is 7.50. The molecule has 0 saturated heterocycles. The van der Waals surface area contributed by atoms with E-state index in [1.54, 1.807) is 6.20 Å². The minimum absolute atomic E-state index is 0.0503. The van der Waals surface area contributed by atoms with E-state index in [1.165, 1.54) is 17.5 Å². The molecule has 0 aromatic carbocycles. The van der Waals surface area contributed by atoms with Gasteiger partial charge in [-0.25, -0.2) is 4.68 Å². The summed E-state index contributed by atoms with van der Waals surface area (Å²) >= 11 is 3.38. The number of hydrogen-bond acceptors (Lipinski definition) is 3. The molecule has 0 fully saturated rings. The van der Waals surface area contributed by atoms with E-state index in [0.29, 0.717) is 11.0 Å². The Balaban J connectivity index is 2.51. The van der Waals surface area contributed by atoms with Crippen LogP contribution in [0.25, 0.3) is 0 Å². The van der Waals surface area contributed by atoms with E-state index in [-0.39, 0.29) is 5.56 Å². The van der Waals surface area contributed by atoms with E-state index in [1.807, 2.05) is 0 Å². The van der Waals surface area contributed by atoms with Gasteiger partial charge in [0.25, 0.3) is 5.56 Å². The molecule has 0 aliphatic carbocycles. The Morgan fingerprint density at radius 2 is 2.10 bits per heavy atom. The molecule has 0 radical (unpaired) electrons. The SMILES string of the molecule is CCCCn1ncc(NCCCCC(C)C)c(Br)c1=O. The molecule has 0 amide bonds. The Labute approximate surface area is 130 Å². The molecule has 1 heterocycles. The van der Waals surface area contributed by atoms with E-state index in [2.05, 4.69) is 47.1 Å². The lowest BCUT2D eigenvalue weighted by molar-refractivity contribution is 0.539. The van der Waals surface area contributed by atoms with Crippen molar-refractivity contribution in [1.82, 2.24) is 9.78 Å². The molecule has 0 spiro atoms. The number of hydrogen-bond donors (Lipinski definition) is 1. The van der Waals surface area contributed by atoms with Crippen molar-refractivity contribution in [2.75, 3.05) is 11.9 Å². The standard InChI is InChI=1S/C15H26BrN3O/c1-4-5-10-19-15(20)14(16)13(11-18-19)17-9-7-6-8-12(2)3/h11-12,17H,4-10H2,1-3H3. The summed E-state index contributed by atoms with van der Waals surface area (Å²) in [5.74, 6) is 0.755. The Kier molecular flexibility index (Phi) is 7.88. The van der Waals surface area contributed by atoms with Gasteiger partial charge in [-0.3, -0.25) is 4.79 Å². The fourth-order valence-electron chi connectivity index (χ4n) is 1.96. The van der Waals surface area contributed by atoms with Crippen LogP contribution >= 0.6 is 15.9 Å². The molecule has 4 nitrogen and oxygen atoms in total. The first-order chi connectivity index (χ1) is 9.56. The first-order valence-electron chi connectivity index (χ1n) is 7.55. The normalized spacial score (nSPS) is 11.1. The highest BCUT2D eigenvalue weighted by molar-refractivity contribution is 9.10. The predicted molar refractivity (Wildman–Crippen MR) is 88.3 cm³/mol. The van der Waals surface area contributed by atoms with Crippen LogP contribution in [0.3, 0.4) is 0 Å². The van der Waals surface area contributed by atoms with Crippen molar-refractivity contribution < 1.29 is 0 Å². The van der Waals surface area contributed by atoms with Crippen molar-refractivity contribution in [2.45, 2.75) is 59.4 Å².